The molecule has 326 valence electrons. The minimum Gasteiger partial charge on any atom is -0.456 e. The lowest BCUT2D eigenvalue weighted by molar-refractivity contribution is 0.669. The minimum atomic E-state index is 0.537. The largest absolute Gasteiger partial charge is 0.456 e. The molecule has 0 N–H and O–H groups in total. The van der Waals surface area contributed by atoms with E-state index in [0.29, 0.717) is 17.5 Å². The quantitative estimate of drug-likeness (QED) is 0.159. The number of para-hydroxylation sites is 2. The summed E-state index contributed by atoms with van der Waals surface area (Å²) in [6.07, 6.45) is 0. The second kappa shape index (κ2) is 16.1. The average Bonchev–Trinajstić information content (AvgIpc) is 4.00. The van der Waals surface area contributed by atoms with E-state index in [1.165, 1.54) is 16.5 Å². The van der Waals surface area contributed by atoms with Crippen molar-refractivity contribution in [2.24, 2.45) is 0 Å². The lowest BCUT2D eigenvalue weighted by Gasteiger charge is -2.15. The monoisotopic (exact) mass is 893 g/mol. The summed E-state index contributed by atoms with van der Waals surface area (Å²) in [6.45, 7) is 0. The summed E-state index contributed by atoms with van der Waals surface area (Å²) in [4.78, 5) is 15.9. The maximum absolute atomic E-state index is 6.84. The lowest BCUT2D eigenvalue weighted by Crippen LogP contribution is -2.01. The van der Waals surface area contributed by atoms with Gasteiger partial charge in [0.2, 0.25) is 0 Å². The molecule has 0 bridgehead atoms. The van der Waals surface area contributed by atoms with Crippen molar-refractivity contribution >= 4 is 65.4 Å². The number of hydrogen-bond donors (Lipinski definition) is 0. The first-order valence-corrected chi connectivity index (χ1v) is 23.6. The third-order valence-corrected chi connectivity index (χ3v) is 13.8. The fourth-order valence-electron chi connectivity index (χ4n) is 10.3. The summed E-state index contributed by atoms with van der Waals surface area (Å²) in [5.41, 5.74) is 14.8. The van der Waals surface area contributed by atoms with Crippen molar-refractivity contribution < 1.29 is 8.83 Å². The van der Waals surface area contributed by atoms with Crippen LogP contribution >= 0.6 is 0 Å². The van der Waals surface area contributed by atoms with E-state index in [1.54, 1.807) is 0 Å². The Hall–Kier alpha value is -9.45. The van der Waals surface area contributed by atoms with E-state index >= 15 is 0 Å². The Kier molecular flexibility index (Phi) is 9.14. The van der Waals surface area contributed by atoms with Gasteiger partial charge in [0.1, 0.15) is 22.3 Å². The zero-order valence-corrected chi connectivity index (χ0v) is 37.7. The van der Waals surface area contributed by atoms with Gasteiger partial charge in [-0.3, -0.25) is 0 Å². The summed E-state index contributed by atoms with van der Waals surface area (Å²) >= 11 is 0. The molecule has 3 heterocycles. The topological polar surface area (TPSA) is 65.0 Å². The molecule has 0 aliphatic heterocycles. The third kappa shape index (κ3) is 6.67. The first-order valence-electron chi connectivity index (χ1n) is 23.6. The van der Waals surface area contributed by atoms with Gasteiger partial charge in [0.25, 0.3) is 0 Å². The second-order valence-electron chi connectivity index (χ2n) is 17.9. The van der Waals surface area contributed by atoms with E-state index in [-0.39, 0.29) is 0 Å². The molecule has 70 heavy (non-hydrogen) atoms. The molecular weight excluding hydrogens is 855 g/mol. The average molecular weight is 894 g/mol. The van der Waals surface area contributed by atoms with Crippen molar-refractivity contribution in [3.8, 4) is 78.7 Å². The Balaban J connectivity index is 0.975. The third-order valence-electron chi connectivity index (χ3n) is 13.8. The van der Waals surface area contributed by atoms with Crippen LogP contribution in [0.2, 0.25) is 0 Å². The zero-order chi connectivity index (χ0) is 46.1. The van der Waals surface area contributed by atoms with Crippen molar-refractivity contribution in [2.75, 3.05) is 0 Å². The molecular formula is C65H39N3O2. The molecule has 3 aromatic heterocycles. The number of nitrogens with zero attached hydrogens (tertiary/aromatic N) is 3. The van der Waals surface area contributed by atoms with Crippen molar-refractivity contribution in [1.29, 1.82) is 0 Å². The number of fused-ring (bicyclic) bond motifs is 8. The van der Waals surface area contributed by atoms with Gasteiger partial charge in [-0.25, -0.2) is 15.0 Å². The number of furan rings is 2. The first-order chi connectivity index (χ1) is 34.7. The Morgan fingerprint density at radius 2 is 0.757 bits per heavy atom. The number of benzene rings is 11. The van der Waals surface area contributed by atoms with Crippen molar-refractivity contribution in [1.82, 2.24) is 15.0 Å². The molecule has 5 nitrogen and oxygen atoms in total. The number of hydrogen-bond acceptors (Lipinski definition) is 5. The second-order valence-corrected chi connectivity index (χ2v) is 17.9. The fraction of sp³-hybridized carbons (Fsp3) is 0. The van der Waals surface area contributed by atoms with Gasteiger partial charge in [-0.2, -0.15) is 0 Å². The van der Waals surface area contributed by atoms with Crippen LogP contribution in [0, 0.1) is 0 Å². The van der Waals surface area contributed by atoms with Crippen LogP contribution in [0.5, 0.6) is 0 Å². The first kappa shape index (κ1) is 39.7. The van der Waals surface area contributed by atoms with Crippen LogP contribution < -0.4 is 0 Å². The molecule has 14 aromatic rings. The van der Waals surface area contributed by atoms with Crippen molar-refractivity contribution in [2.45, 2.75) is 0 Å². The summed E-state index contributed by atoms with van der Waals surface area (Å²) in [5, 5.41) is 8.61. The molecule has 11 aromatic carbocycles. The van der Waals surface area contributed by atoms with E-state index < -0.39 is 0 Å². The Morgan fingerprint density at radius 1 is 0.243 bits per heavy atom. The summed E-state index contributed by atoms with van der Waals surface area (Å²) in [7, 11) is 0. The molecule has 0 spiro atoms. The summed E-state index contributed by atoms with van der Waals surface area (Å²) in [5.74, 6) is 1.68. The normalized spacial score (nSPS) is 11.7. The van der Waals surface area contributed by atoms with Crippen LogP contribution in [-0.4, -0.2) is 15.0 Å². The van der Waals surface area contributed by atoms with Gasteiger partial charge in [-0.05, 0) is 109 Å². The SMILES string of the molecule is c1ccc(-c2ccc(-c3cc(-c4ccc(-c5nc(-c6ccc(-c7ccccc7)cc6)nc(-c6cccc7c6oc6ccccc67)n5)c5ccccc45)c4c(c3)oc3cc5ccccc5cc34)cc2)cc1. The molecule has 0 saturated heterocycles. The smallest absolute Gasteiger partial charge is 0.167 e. The van der Waals surface area contributed by atoms with Gasteiger partial charge in [0.05, 0.1) is 5.56 Å². The van der Waals surface area contributed by atoms with Gasteiger partial charge < -0.3 is 8.83 Å². The minimum absolute atomic E-state index is 0.537. The number of aromatic nitrogens is 3. The van der Waals surface area contributed by atoms with E-state index in [1.807, 2.05) is 30.3 Å². The molecule has 0 unspecified atom stereocenters. The highest BCUT2D eigenvalue weighted by Crippen LogP contribution is 2.45. The lowest BCUT2D eigenvalue weighted by atomic mass is 9.89. The predicted molar refractivity (Wildman–Crippen MR) is 287 cm³/mol. The molecule has 0 aliphatic rings. The van der Waals surface area contributed by atoms with Crippen molar-refractivity contribution in [3.63, 3.8) is 0 Å². The molecule has 5 heteroatoms. The molecule has 0 fully saturated rings. The van der Waals surface area contributed by atoms with Crippen LogP contribution in [-0.2, 0) is 0 Å². The highest BCUT2D eigenvalue weighted by molar-refractivity contribution is 6.19. The Morgan fingerprint density at radius 3 is 1.46 bits per heavy atom. The molecule has 0 atom stereocenters. The van der Waals surface area contributed by atoms with Crippen LogP contribution in [0.25, 0.3) is 144 Å². The van der Waals surface area contributed by atoms with Crippen molar-refractivity contribution in [3.05, 3.63) is 237 Å². The van der Waals surface area contributed by atoms with E-state index in [2.05, 4.69) is 206 Å². The Labute approximate surface area is 402 Å². The van der Waals surface area contributed by atoms with Crippen LogP contribution in [0.4, 0.5) is 0 Å². The van der Waals surface area contributed by atoms with Crippen LogP contribution in [0.15, 0.2) is 245 Å². The fourth-order valence-corrected chi connectivity index (χ4v) is 10.3. The van der Waals surface area contributed by atoms with Crippen LogP contribution in [0.1, 0.15) is 0 Å². The van der Waals surface area contributed by atoms with Gasteiger partial charge in [0.15, 0.2) is 17.5 Å². The molecule has 14 rings (SSSR count). The van der Waals surface area contributed by atoms with Gasteiger partial charge in [0, 0.05) is 32.7 Å². The maximum Gasteiger partial charge on any atom is 0.167 e. The van der Waals surface area contributed by atoms with Gasteiger partial charge >= 0.3 is 0 Å². The molecule has 0 saturated carbocycles. The standard InChI is InChI=1S/C65H39N3O2/c1-3-14-40(15-4-1)42-26-28-44(29-27-42)48-37-56(61-57-36-46-18-7-8-19-47(46)38-59(57)69-60(61)39-48)51-34-35-54(50-21-10-9-20-49(50)51)64-66-63(45-32-30-43(31-33-45)41-16-5-2-6-17-41)67-65(68-64)55-24-13-23-53-52-22-11-12-25-58(52)70-62(53)55/h1-39H. The van der Waals surface area contributed by atoms with Gasteiger partial charge in [-0.15, -0.1) is 0 Å². The van der Waals surface area contributed by atoms with E-state index in [0.717, 1.165) is 110 Å². The van der Waals surface area contributed by atoms with Crippen LogP contribution in [0.3, 0.4) is 0 Å². The molecule has 0 aliphatic carbocycles. The predicted octanol–water partition coefficient (Wildman–Crippen LogP) is 17.6. The zero-order valence-electron chi connectivity index (χ0n) is 37.7. The Bertz CT molecular complexity index is 4330. The maximum atomic E-state index is 6.84. The molecule has 0 radical (unpaired) electrons. The highest BCUT2D eigenvalue weighted by Gasteiger charge is 2.22. The van der Waals surface area contributed by atoms with E-state index in [9.17, 15) is 0 Å². The highest BCUT2D eigenvalue weighted by atomic mass is 16.3. The van der Waals surface area contributed by atoms with E-state index in [4.69, 9.17) is 23.8 Å². The summed E-state index contributed by atoms with van der Waals surface area (Å²) < 4.78 is 13.4. The summed E-state index contributed by atoms with van der Waals surface area (Å²) in [6, 6.07) is 83.0. The number of rotatable bonds is 7. The van der Waals surface area contributed by atoms with Gasteiger partial charge in [-0.1, -0.05) is 194 Å². The molecule has 0 amide bonds.